The second-order valence-corrected chi connectivity index (χ2v) is 7.28. The van der Waals surface area contributed by atoms with Crippen LogP contribution in [-0.2, 0) is 0 Å². The summed E-state index contributed by atoms with van der Waals surface area (Å²) in [5.41, 5.74) is 3.61. The lowest BCUT2D eigenvalue weighted by atomic mass is 10.2. The zero-order chi connectivity index (χ0) is 20.8. The van der Waals surface area contributed by atoms with Crippen LogP contribution >= 0.6 is 0 Å². The summed E-state index contributed by atoms with van der Waals surface area (Å²) in [5, 5.41) is 3.21. The fraction of sp³-hybridized carbons (Fsp3) is 0.0870. The van der Waals surface area contributed by atoms with Crippen molar-refractivity contribution < 1.29 is 0 Å². The van der Waals surface area contributed by atoms with Crippen LogP contribution in [0.4, 0.5) is 11.6 Å². The number of para-hydroxylation sites is 1. The fourth-order valence-corrected chi connectivity index (χ4v) is 3.63. The highest BCUT2D eigenvalue weighted by Crippen LogP contribution is 2.19. The molecule has 0 saturated heterocycles. The number of nitrogens with one attached hydrogen (secondary N) is 1. The number of anilines is 2. The molecule has 1 N–H and O–H groups in total. The molecule has 0 saturated carbocycles. The molecule has 0 aliphatic heterocycles. The van der Waals surface area contributed by atoms with Crippen molar-refractivity contribution in [1.29, 1.82) is 0 Å². The molecule has 2 aromatic heterocycles. The molecular weight excluding hydrogens is 378 g/mol. The smallest absolute Gasteiger partial charge is 0.324 e. The van der Waals surface area contributed by atoms with Gasteiger partial charge >= 0.3 is 11.4 Å². The van der Waals surface area contributed by atoms with E-state index >= 15 is 0 Å². The molecular formula is C23H19N5O2. The van der Waals surface area contributed by atoms with E-state index in [9.17, 15) is 9.59 Å². The predicted octanol–water partition coefficient (Wildman–Crippen LogP) is 3.46. The maximum Gasteiger partial charge on any atom is 0.359 e. The minimum Gasteiger partial charge on any atom is -0.324 e. The summed E-state index contributed by atoms with van der Waals surface area (Å²) >= 11 is 0. The Balaban J connectivity index is 1.89. The van der Waals surface area contributed by atoms with Gasteiger partial charge in [0.05, 0.1) is 16.7 Å². The van der Waals surface area contributed by atoms with E-state index in [4.69, 9.17) is 0 Å². The summed E-state index contributed by atoms with van der Waals surface area (Å²) in [6.45, 7) is 3.95. The molecule has 5 aromatic rings. The average molecular weight is 397 g/mol. The van der Waals surface area contributed by atoms with E-state index in [1.54, 1.807) is 24.3 Å². The number of benzene rings is 3. The maximum atomic E-state index is 13.4. The van der Waals surface area contributed by atoms with Gasteiger partial charge in [0.15, 0.2) is 0 Å². The molecule has 0 atom stereocenters. The van der Waals surface area contributed by atoms with Gasteiger partial charge in [-0.1, -0.05) is 36.4 Å². The monoisotopic (exact) mass is 397 g/mol. The van der Waals surface area contributed by atoms with E-state index in [1.165, 1.54) is 9.03 Å². The van der Waals surface area contributed by atoms with Crippen LogP contribution in [0.25, 0.3) is 16.7 Å². The van der Waals surface area contributed by atoms with Crippen molar-refractivity contribution >= 4 is 22.7 Å². The quantitative estimate of drug-likeness (QED) is 0.506. The minimum atomic E-state index is -0.490. The van der Waals surface area contributed by atoms with Crippen molar-refractivity contribution in [2.24, 2.45) is 0 Å². The Morgan fingerprint density at radius 3 is 2.27 bits per heavy atom. The number of fused-ring (bicyclic) bond motifs is 3. The van der Waals surface area contributed by atoms with Crippen molar-refractivity contribution in [2.75, 3.05) is 5.32 Å². The molecule has 148 valence electrons. The average Bonchev–Trinajstić information content (AvgIpc) is 2.99. The molecule has 7 nitrogen and oxygen atoms in total. The van der Waals surface area contributed by atoms with Gasteiger partial charge in [-0.3, -0.25) is 0 Å². The summed E-state index contributed by atoms with van der Waals surface area (Å²) in [4.78, 5) is 31.4. The fourth-order valence-electron chi connectivity index (χ4n) is 3.63. The summed E-state index contributed by atoms with van der Waals surface area (Å²) in [5.74, 6) is 0.274. The van der Waals surface area contributed by atoms with Crippen LogP contribution in [0.1, 0.15) is 11.1 Å². The molecule has 3 aromatic carbocycles. The van der Waals surface area contributed by atoms with Gasteiger partial charge in [-0.25, -0.2) is 19.1 Å². The third-order valence-electron chi connectivity index (χ3n) is 5.02. The zero-order valence-electron chi connectivity index (χ0n) is 16.5. The Morgan fingerprint density at radius 2 is 1.50 bits per heavy atom. The van der Waals surface area contributed by atoms with Crippen LogP contribution in [0.3, 0.4) is 0 Å². The van der Waals surface area contributed by atoms with E-state index < -0.39 is 11.4 Å². The first-order valence-electron chi connectivity index (χ1n) is 9.59. The van der Waals surface area contributed by atoms with Crippen molar-refractivity contribution in [3.63, 3.8) is 0 Å². The Labute approximate surface area is 171 Å². The van der Waals surface area contributed by atoms with Gasteiger partial charge in [-0.2, -0.15) is 9.03 Å². The van der Waals surface area contributed by atoms with Gasteiger partial charge in [0.2, 0.25) is 5.95 Å². The van der Waals surface area contributed by atoms with Gasteiger partial charge in [0.1, 0.15) is 0 Å². The molecule has 0 bridgehead atoms. The zero-order valence-corrected chi connectivity index (χ0v) is 16.5. The lowest BCUT2D eigenvalue weighted by molar-refractivity contribution is 0.793. The highest BCUT2D eigenvalue weighted by atomic mass is 16.2. The molecule has 5 rings (SSSR count). The van der Waals surface area contributed by atoms with Gasteiger partial charge in [-0.05, 0) is 61.4 Å². The van der Waals surface area contributed by atoms with Gasteiger partial charge in [-0.15, -0.1) is 0 Å². The number of rotatable bonds is 3. The Morgan fingerprint density at radius 1 is 0.767 bits per heavy atom. The van der Waals surface area contributed by atoms with E-state index in [2.05, 4.69) is 10.3 Å². The molecule has 30 heavy (non-hydrogen) atoms. The second kappa shape index (κ2) is 6.73. The van der Waals surface area contributed by atoms with Crippen LogP contribution in [0.15, 0.2) is 82.4 Å². The number of aryl methyl sites for hydroxylation is 2. The van der Waals surface area contributed by atoms with Crippen molar-refractivity contribution in [1.82, 2.24) is 18.6 Å². The SMILES string of the molecule is Cc1cccc(Nc2nc3cc(C)ccc3n3c(=O)n(-c4ccccc4)c(=O)n23)c1. The summed E-state index contributed by atoms with van der Waals surface area (Å²) < 4.78 is 3.81. The highest BCUT2D eigenvalue weighted by Gasteiger charge is 2.19. The van der Waals surface area contributed by atoms with Crippen molar-refractivity contribution in [3.05, 3.63) is 105 Å². The lowest BCUT2D eigenvalue weighted by Crippen LogP contribution is -2.26. The first kappa shape index (κ1) is 17.9. The number of hydrogen-bond donors (Lipinski definition) is 1. The number of aromatic nitrogens is 4. The van der Waals surface area contributed by atoms with Crippen LogP contribution < -0.4 is 16.7 Å². The van der Waals surface area contributed by atoms with Crippen LogP contribution in [0.2, 0.25) is 0 Å². The third kappa shape index (κ3) is 2.79. The maximum absolute atomic E-state index is 13.4. The summed E-state index contributed by atoms with van der Waals surface area (Å²) in [6.07, 6.45) is 0. The number of nitrogens with zero attached hydrogens (tertiary/aromatic N) is 4. The first-order chi connectivity index (χ1) is 14.5. The molecule has 2 heterocycles. The topological polar surface area (TPSA) is 72.8 Å². The molecule has 0 spiro atoms. The van der Waals surface area contributed by atoms with Crippen LogP contribution in [-0.4, -0.2) is 18.6 Å². The molecule has 0 fully saturated rings. The van der Waals surface area contributed by atoms with Crippen molar-refractivity contribution in [2.45, 2.75) is 13.8 Å². The summed E-state index contributed by atoms with van der Waals surface area (Å²) in [7, 11) is 0. The largest absolute Gasteiger partial charge is 0.359 e. The van der Waals surface area contributed by atoms with E-state index in [1.807, 2.05) is 62.4 Å². The number of hydrogen-bond acceptors (Lipinski definition) is 4. The van der Waals surface area contributed by atoms with E-state index in [0.29, 0.717) is 16.7 Å². The normalized spacial score (nSPS) is 11.3. The lowest BCUT2D eigenvalue weighted by Gasteiger charge is -2.11. The predicted molar refractivity (Wildman–Crippen MR) is 117 cm³/mol. The second-order valence-electron chi connectivity index (χ2n) is 7.28. The van der Waals surface area contributed by atoms with Gasteiger partial charge in [0.25, 0.3) is 0 Å². The van der Waals surface area contributed by atoms with Gasteiger partial charge < -0.3 is 5.32 Å². The molecule has 0 unspecified atom stereocenters. The Bertz CT molecular complexity index is 1530. The van der Waals surface area contributed by atoms with Crippen LogP contribution in [0, 0.1) is 13.8 Å². The van der Waals surface area contributed by atoms with Crippen LogP contribution in [0.5, 0.6) is 0 Å². The standard InChI is InChI=1S/C23H19N5O2/c1-15-7-6-8-17(13-15)24-21-25-19-14-16(2)11-12-20(19)27-22(29)26(23(30)28(21)27)18-9-4-3-5-10-18/h3-14H,1-2H3,(H,24,25). The van der Waals surface area contributed by atoms with Crippen molar-refractivity contribution in [3.8, 4) is 5.69 Å². The van der Waals surface area contributed by atoms with E-state index in [-0.39, 0.29) is 5.95 Å². The molecule has 0 aliphatic carbocycles. The minimum absolute atomic E-state index is 0.274. The van der Waals surface area contributed by atoms with Gasteiger partial charge in [0, 0.05) is 5.69 Å². The molecule has 7 heteroatoms. The molecule has 0 amide bonds. The molecule has 0 aliphatic rings. The molecule has 0 radical (unpaired) electrons. The third-order valence-corrected chi connectivity index (χ3v) is 5.02. The first-order valence-corrected chi connectivity index (χ1v) is 9.59. The highest BCUT2D eigenvalue weighted by molar-refractivity contribution is 5.77. The summed E-state index contributed by atoms with van der Waals surface area (Å²) in [6, 6.07) is 22.2. The van der Waals surface area contributed by atoms with E-state index in [0.717, 1.165) is 21.4 Å². The Kier molecular flexibility index (Phi) is 4.03. The Hall–Kier alpha value is -4.13.